The molecular weight excluding hydrogens is 262 g/mol. The average molecular weight is 273 g/mol. The number of nitrogens with one attached hydrogen (secondary N) is 3. The SMILES string of the molecule is NN=c1ccc2c(O)[nH]nc3cc(C(=O)NN)[nH]c1c32. The molecule has 9 heteroatoms. The molecule has 2 aromatic heterocycles. The summed E-state index contributed by atoms with van der Waals surface area (Å²) in [7, 11) is 0. The first-order valence-corrected chi connectivity index (χ1v) is 5.63. The molecule has 0 unspecified atom stereocenters. The van der Waals surface area contributed by atoms with Gasteiger partial charge in [0, 0.05) is 10.8 Å². The van der Waals surface area contributed by atoms with Crippen molar-refractivity contribution in [2.45, 2.75) is 0 Å². The van der Waals surface area contributed by atoms with Crippen molar-refractivity contribution in [1.29, 1.82) is 0 Å². The van der Waals surface area contributed by atoms with Gasteiger partial charge in [0.1, 0.15) is 11.1 Å². The van der Waals surface area contributed by atoms with Crippen LogP contribution in [0.3, 0.4) is 0 Å². The first kappa shape index (κ1) is 12.0. The van der Waals surface area contributed by atoms with Gasteiger partial charge in [-0.3, -0.25) is 10.2 Å². The molecule has 3 aromatic rings. The van der Waals surface area contributed by atoms with Crippen molar-refractivity contribution >= 4 is 27.7 Å². The number of hydrogen-bond acceptors (Lipinski definition) is 6. The molecular formula is C11H11N7O2. The van der Waals surface area contributed by atoms with Crippen LogP contribution in [0.2, 0.25) is 0 Å². The number of aromatic amines is 2. The topological polar surface area (TPSA) is 158 Å². The van der Waals surface area contributed by atoms with Crippen LogP contribution in [-0.2, 0) is 0 Å². The van der Waals surface area contributed by atoms with Crippen LogP contribution in [0.25, 0.3) is 21.8 Å². The van der Waals surface area contributed by atoms with Crippen LogP contribution < -0.4 is 22.5 Å². The van der Waals surface area contributed by atoms with Crippen molar-refractivity contribution in [2.75, 3.05) is 0 Å². The normalized spacial score (nSPS) is 12.2. The maximum absolute atomic E-state index is 11.6. The molecule has 0 aliphatic heterocycles. The molecule has 3 rings (SSSR count). The minimum atomic E-state index is -0.509. The first-order chi connectivity index (χ1) is 9.65. The van der Waals surface area contributed by atoms with Crippen LogP contribution in [0, 0.1) is 0 Å². The van der Waals surface area contributed by atoms with Gasteiger partial charge in [0.15, 0.2) is 0 Å². The third kappa shape index (κ3) is 1.57. The van der Waals surface area contributed by atoms with Crippen LogP contribution in [-0.4, -0.2) is 26.2 Å². The summed E-state index contributed by atoms with van der Waals surface area (Å²) < 4.78 is 0. The summed E-state index contributed by atoms with van der Waals surface area (Å²) in [6.07, 6.45) is 0. The third-order valence-electron chi connectivity index (χ3n) is 3.03. The number of hydrogen-bond donors (Lipinski definition) is 6. The van der Waals surface area contributed by atoms with E-state index in [1.165, 1.54) is 6.07 Å². The number of H-pyrrole nitrogens is 2. The Labute approximate surface area is 111 Å². The molecule has 1 aromatic carbocycles. The van der Waals surface area contributed by atoms with Crippen LogP contribution in [0.4, 0.5) is 0 Å². The zero-order valence-electron chi connectivity index (χ0n) is 10.1. The van der Waals surface area contributed by atoms with Crippen molar-refractivity contribution in [3.63, 3.8) is 0 Å². The summed E-state index contributed by atoms with van der Waals surface area (Å²) in [6, 6.07) is 4.78. The number of hydrazine groups is 1. The molecule has 0 atom stereocenters. The second-order valence-electron chi connectivity index (χ2n) is 4.13. The van der Waals surface area contributed by atoms with Crippen LogP contribution in [0.5, 0.6) is 5.88 Å². The van der Waals surface area contributed by atoms with Gasteiger partial charge in [-0.05, 0) is 18.2 Å². The second-order valence-corrected chi connectivity index (χ2v) is 4.13. The first-order valence-electron chi connectivity index (χ1n) is 5.63. The smallest absolute Gasteiger partial charge is 0.281 e. The van der Waals surface area contributed by atoms with Gasteiger partial charge in [-0.1, -0.05) is 0 Å². The Bertz CT molecular complexity index is 893. The Kier molecular flexibility index (Phi) is 2.54. The Morgan fingerprint density at radius 1 is 1.45 bits per heavy atom. The number of benzene rings is 1. The van der Waals surface area contributed by atoms with Crippen LogP contribution >= 0.6 is 0 Å². The number of nitrogens with two attached hydrogens (primary N) is 2. The highest BCUT2D eigenvalue weighted by molar-refractivity contribution is 6.10. The number of pyridine rings is 1. The molecule has 20 heavy (non-hydrogen) atoms. The lowest BCUT2D eigenvalue weighted by Crippen LogP contribution is -2.31. The molecule has 0 radical (unpaired) electrons. The molecule has 0 aliphatic carbocycles. The quantitative estimate of drug-likeness (QED) is 0.193. The fraction of sp³-hybridized carbons (Fsp3) is 0. The van der Waals surface area contributed by atoms with Crippen molar-refractivity contribution in [3.05, 3.63) is 29.3 Å². The Morgan fingerprint density at radius 2 is 2.25 bits per heavy atom. The van der Waals surface area contributed by atoms with Crippen molar-refractivity contribution in [2.24, 2.45) is 16.8 Å². The summed E-state index contributed by atoms with van der Waals surface area (Å²) in [5.41, 5.74) is 3.18. The molecule has 1 amide bonds. The summed E-state index contributed by atoms with van der Waals surface area (Å²) in [4.78, 5) is 14.5. The minimum Gasteiger partial charge on any atom is -0.493 e. The second kappa shape index (κ2) is 4.24. The largest absolute Gasteiger partial charge is 0.493 e. The van der Waals surface area contributed by atoms with Crippen molar-refractivity contribution in [3.8, 4) is 5.88 Å². The van der Waals surface area contributed by atoms with Crippen LogP contribution in [0.15, 0.2) is 23.3 Å². The van der Waals surface area contributed by atoms with Gasteiger partial charge >= 0.3 is 0 Å². The Morgan fingerprint density at radius 3 is 2.95 bits per heavy atom. The molecule has 0 fully saturated rings. The summed E-state index contributed by atoms with van der Waals surface area (Å²) in [6.45, 7) is 0. The van der Waals surface area contributed by atoms with Crippen LogP contribution in [0.1, 0.15) is 10.5 Å². The van der Waals surface area contributed by atoms with E-state index in [4.69, 9.17) is 11.7 Å². The number of nitrogens with zero attached hydrogens (tertiary/aromatic N) is 2. The summed E-state index contributed by atoms with van der Waals surface area (Å²) >= 11 is 0. The lowest BCUT2D eigenvalue weighted by molar-refractivity contribution is 0.0949. The summed E-state index contributed by atoms with van der Waals surface area (Å²) in [5, 5.41) is 21.5. The highest BCUT2D eigenvalue weighted by Crippen LogP contribution is 2.27. The number of nitrogen functional groups attached to an aromatic ring is 1. The van der Waals surface area contributed by atoms with E-state index in [1.807, 2.05) is 5.43 Å². The Hall–Kier alpha value is -3.07. The van der Waals surface area contributed by atoms with Gasteiger partial charge in [0.25, 0.3) is 5.91 Å². The molecule has 0 bridgehead atoms. The highest BCUT2D eigenvalue weighted by atomic mass is 16.3. The fourth-order valence-corrected chi connectivity index (χ4v) is 2.13. The molecule has 0 aliphatic rings. The molecule has 2 heterocycles. The number of aromatic nitrogens is 3. The molecule has 0 saturated heterocycles. The predicted molar refractivity (Wildman–Crippen MR) is 71.0 cm³/mol. The molecule has 0 saturated carbocycles. The van der Waals surface area contributed by atoms with E-state index >= 15 is 0 Å². The van der Waals surface area contributed by atoms with E-state index in [0.717, 1.165) is 0 Å². The number of carbonyl (C=O) groups is 1. The third-order valence-corrected chi connectivity index (χ3v) is 3.03. The number of amides is 1. The van der Waals surface area contributed by atoms with E-state index < -0.39 is 5.91 Å². The highest BCUT2D eigenvalue weighted by Gasteiger charge is 2.14. The van der Waals surface area contributed by atoms with E-state index in [2.05, 4.69) is 20.3 Å². The van der Waals surface area contributed by atoms with Gasteiger partial charge in [-0.25, -0.2) is 10.9 Å². The molecule has 8 N–H and O–H groups in total. The predicted octanol–water partition coefficient (Wildman–Crippen LogP) is -0.872. The van der Waals surface area contributed by atoms with Gasteiger partial charge in [0.05, 0.1) is 11.0 Å². The van der Waals surface area contributed by atoms with Gasteiger partial charge in [0.2, 0.25) is 5.88 Å². The van der Waals surface area contributed by atoms with Crippen molar-refractivity contribution < 1.29 is 9.90 Å². The zero-order chi connectivity index (χ0) is 14.3. The van der Waals surface area contributed by atoms with E-state index in [0.29, 0.717) is 27.2 Å². The standard InChI is InChI=1S/C11H11N7O2/c12-15-5-2-1-4-8-6(17-18-10(4)19)3-7(11(20)16-13)14-9(5)8/h1-3,14,18-19H,12-13H2,(H,16,20). The minimum absolute atomic E-state index is 0.0875. The van der Waals surface area contributed by atoms with Gasteiger partial charge in [-0.2, -0.15) is 10.2 Å². The number of carbonyl (C=O) groups excluding carboxylic acids is 1. The molecule has 102 valence electrons. The monoisotopic (exact) mass is 273 g/mol. The molecule has 9 nitrogen and oxygen atoms in total. The molecule has 0 spiro atoms. The van der Waals surface area contributed by atoms with E-state index in [9.17, 15) is 9.90 Å². The zero-order valence-corrected chi connectivity index (χ0v) is 10.1. The van der Waals surface area contributed by atoms with E-state index in [-0.39, 0.29) is 11.6 Å². The lowest BCUT2D eigenvalue weighted by atomic mass is 10.1. The average Bonchev–Trinajstić information content (AvgIpc) is 2.49. The maximum Gasteiger partial charge on any atom is 0.281 e. The number of rotatable bonds is 1. The Balaban J connectivity index is 2.55. The fourth-order valence-electron chi connectivity index (χ4n) is 2.13. The number of aromatic hydroxyl groups is 1. The van der Waals surface area contributed by atoms with Gasteiger partial charge < -0.3 is 15.9 Å². The lowest BCUT2D eigenvalue weighted by Gasteiger charge is -2.09. The summed E-state index contributed by atoms with van der Waals surface area (Å²) in [5.74, 6) is 9.85. The van der Waals surface area contributed by atoms with Crippen molar-refractivity contribution in [1.82, 2.24) is 20.6 Å². The maximum atomic E-state index is 11.6. The van der Waals surface area contributed by atoms with Gasteiger partial charge in [-0.15, -0.1) is 0 Å². The van der Waals surface area contributed by atoms with E-state index in [1.54, 1.807) is 12.1 Å².